The minimum atomic E-state index is -1.46. The molecule has 2 unspecified atom stereocenters. The number of nitrogens with zero attached hydrogens (tertiary/aromatic N) is 2. The molecule has 2 aromatic rings. The number of aliphatic hydroxyl groups is 1. The van der Waals surface area contributed by atoms with E-state index in [4.69, 9.17) is 4.74 Å². The molecule has 0 spiro atoms. The molecule has 29 heavy (non-hydrogen) atoms. The van der Waals surface area contributed by atoms with Crippen molar-refractivity contribution in [1.82, 2.24) is 4.90 Å². The lowest BCUT2D eigenvalue weighted by Crippen LogP contribution is -2.40. The number of likely N-dealkylation sites (N-methyl/N-ethyl adjacent to an activating group) is 1. The molecule has 0 amide bonds. The Kier molecular flexibility index (Phi) is 4.98. The Labute approximate surface area is 169 Å². The monoisotopic (exact) mass is 392 g/mol. The lowest BCUT2D eigenvalue weighted by atomic mass is 9.81. The first-order chi connectivity index (χ1) is 13.8. The van der Waals surface area contributed by atoms with Crippen LogP contribution in [0.3, 0.4) is 0 Å². The van der Waals surface area contributed by atoms with Crippen LogP contribution >= 0.6 is 0 Å². The molecule has 1 aliphatic carbocycles. The maximum absolute atomic E-state index is 11.0. The molecule has 1 N–H and O–H groups in total. The predicted molar refractivity (Wildman–Crippen MR) is 111 cm³/mol. The second-order valence-corrected chi connectivity index (χ2v) is 7.81. The highest BCUT2D eigenvalue weighted by atomic mass is 16.6. The average Bonchev–Trinajstić information content (AvgIpc) is 2.69. The van der Waals surface area contributed by atoms with Gasteiger partial charge >= 0.3 is 0 Å². The quantitative estimate of drug-likeness (QED) is 0.477. The summed E-state index contributed by atoms with van der Waals surface area (Å²) in [5.74, 6) is -1.06. The van der Waals surface area contributed by atoms with Crippen LogP contribution in [-0.4, -0.2) is 34.3 Å². The number of nitro groups is 1. The van der Waals surface area contributed by atoms with Crippen LogP contribution in [0.5, 0.6) is 5.75 Å². The summed E-state index contributed by atoms with van der Waals surface area (Å²) in [5, 5.41) is 21.8. The van der Waals surface area contributed by atoms with Crippen molar-refractivity contribution in [2.24, 2.45) is 0 Å². The molecule has 150 valence electrons. The van der Waals surface area contributed by atoms with Gasteiger partial charge in [0, 0.05) is 25.1 Å². The van der Waals surface area contributed by atoms with Gasteiger partial charge in [-0.3, -0.25) is 15.0 Å². The summed E-state index contributed by atoms with van der Waals surface area (Å²) in [6.45, 7) is 2.98. The van der Waals surface area contributed by atoms with Crippen molar-refractivity contribution in [2.45, 2.75) is 31.6 Å². The molecule has 2 aliphatic rings. The topological polar surface area (TPSA) is 75.8 Å². The second kappa shape index (κ2) is 7.46. The van der Waals surface area contributed by atoms with E-state index in [1.165, 1.54) is 46.5 Å². The minimum Gasteiger partial charge on any atom is -0.459 e. The van der Waals surface area contributed by atoms with Crippen LogP contribution in [-0.2, 0) is 0 Å². The van der Waals surface area contributed by atoms with Gasteiger partial charge in [-0.05, 0) is 49.7 Å². The van der Waals surface area contributed by atoms with Crippen LogP contribution in [0.15, 0.2) is 71.8 Å². The first-order valence-corrected chi connectivity index (χ1v) is 9.68. The molecule has 2 atom stereocenters. The van der Waals surface area contributed by atoms with Crippen molar-refractivity contribution in [2.75, 3.05) is 13.6 Å². The maximum atomic E-state index is 11.0. The fourth-order valence-electron chi connectivity index (χ4n) is 4.09. The van der Waals surface area contributed by atoms with Gasteiger partial charge in [0.15, 0.2) is 0 Å². The van der Waals surface area contributed by atoms with Gasteiger partial charge < -0.3 is 9.84 Å². The normalized spacial score (nSPS) is 24.3. The Morgan fingerprint density at radius 3 is 2.52 bits per heavy atom. The standard InChI is InChI=1S/C23H24N2O4/c1-16-3-5-17(6-4-16)22-21-11-13-23(26,15-18(21)12-14-24(22)2)29-20-9-7-19(8-10-20)25(27)28/h3-11,13,22,26H,12,14-15H2,1-2H3. The smallest absolute Gasteiger partial charge is 0.269 e. The number of benzene rings is 2. The zero-order valence-corrected chi connectivity index (χ0v) is 16.5. The second-order valence-electron chi connectivity index (χ2n) is 7.81. The number of nitro benzene ring substituents is 1. The lowest BCUT2D eigenvalue weighted by Gasteiger charge is -2.40. The molecule has 6 heteroatoms. The summed E-state index contributed by atoms with van der Waals surface area (Å²) in [7, 11) is 2.12. The van der Waals surface area contributed by atoms with E-state index in [9.17, 15) is 15.2 Å². The summed E-state index contributed by atoms with van der Waals surface area (Å²) in [6, 6.07) is 14.5. The Balaban J connectivity index is 1.57. The largest absolute Gasteiger partial charge is 0.459 e. The Bertz CT molecular complexity index is 979. The van der Waals surface area contributed by atoms with Crippen molar-refractivity contribution in [3.63, 3.8) is 0 Å². The fourth-order valence-corrected chi connectivity index (χ4v) is 4.09. The molecule has 0 radical (unpaired) electrons. The third kappa shape index (κ3) is 3.95. The fraction of sp³-hybridized carbons (Fsp3) is 0.304. The first-order valence-electron chi connectivity index (χ1n) is 9.68. The van der Waals surface area contributed by atoms with E-state index in [0.717, 1.165) is 13.0 Å². The van der Waals surface area contributed by atoms with E-state index in [0.29, 0.717) is 12.2 Å². The number of ether oxygens (including phenoxy) is 1. The van der Waals surface area contributed by atoms with E-state index in [2.05, 4.69) is 43.1 Å². The molecule has 6 nitrogen and oxygen atoms in total. The number of hydrogen-bond acceptors (Lipinski definition) is 5. The third-order valence-corrected chi connectivity index (χ3v) is 5.64. The number of non-ortho nitro benzene ring substituents is 1. The average molecular weight is 392 g/mol. The van der Waals surface area contributed by atoms with Crippen molar-refractivity contribution in [3.05, 3.63) is 93.1 Å². The highest BCUT2D eigenvalue weighted by Crippen LogP contribution is 2.42. The molecule has 0 aromatic heterocycles. The van der Waals surface area contributed by atoms with Crippen molar-refractivity contribution < 1.29 is 14.8 Å². The number of aryl methyl sites for hydroxylation is 1. The van der Waals surface area contributed by atoms with Gasteiger partial charge in [0.2, 0.25) is 5.79 Å². The Morgan fingerprint density at radius 2 is 1.86 bits per heavy atom. The van der Waals surface area contributed by atoms with E-state index in [-0.39, 0.29) is 11.7 Å². The van der Waals surface area contributed by atoms with Gasteiger partial charge in [-0.2, -0.15) is 0 Å². The number of hydrogen-bond donors (Lipinski definition) is 1. The van der Waals surface area contributed by atoms with E-state index >= 15 is 0 Å². The Hall–Kier alpha value is -2.96. The molecule has 1 aliphatic heterocycles. The van der Waals surface area contributed by atoms with Gasteiger partial charge in [0.1, 0.15) is 5.75 Å². The van der Waals surface area contributed by atoms with Gasteiger partial charge in [-0.1, -0.05) is 41.5 Å². The summed E-state index contributed by atoms with van der Waals surface area (Å²) >= 11 is 0. The van der Waals surface area contributed by atoms with Crippen LogP contribution in [0.2, 0.25) is 0 Å². The summed E-state index contributed by atoms with van der Waals surface area (Å²) in [5.41, 5.74) is 4.84. The SMILES string of the molecule is Cc1ccc(C2C3=C(CCN2C)CC(O)(Oc2ccc([N+](=O)[O-])cc2)C=C3)cc1. The highest BCUT2D eigenvalue weighted by Gasteiger charge is 2.37. The van der Waals surface area contributed by atoms with Crippen LogP contribution < -0.4 is 4.74 Å². The van der Waals surface area contributed by atoms with Gasteiger partial charge in [-0.25, -0.2) is 0 Å². The first kappa shape index (κ1) is 19.4. The van der Waals surface area contributed by atoms with Crippen molar-refractivity contribution in [1.29, 1.82) is 0 Å². The van der Waals surface area contributed by atoms with Crippen LogP contribution in [0.25, 0.3) is 0 Å². The molecular weight excluding hydrogens is 368 g/mol. The summed E-state index contributed by atoms with van der Waals surface area (Å²) < 4.78 is 5.81. The predicted octanol–water partition coefficient (Wildman–Crippen LogP) is 4.30. The summed E-state index contributed by atoms with van der Waals surface area (Å²) in [6.07, 6.45) is 4.90. The molecule has 1 heterocycles. The van der Waals surface area contributed by atoms with Crippen LogP contribution in [0.4, 0.5) is 5.69 Å². The van der Waals surface area contributed by atoms with Gasteiger partial charge in [0.05, 0.1) is 11.0 Å². The zero-order chi connectivity index (χ0) is 20.6. The van der Waals surface area contributed by atoms with Crippen molar-refractivity contribution >= 4 is 5.69 Å². The van der Waals surface area contributed by atoms with Crippen LogP contribution in [0.1, 0.15) is 30.0 Å². The van der Waals surface area contributed by atoms with E-state index < -0.39 is 10.7 Å². The van der Waals surface area contributed by atoms with Gasteiger partial charge in [0.25, 0.3) is 5.69 Å². The maximum Gasteiger partial charge on any atom is 0.269 e. The molecule has 2 aromatic carbocycles. The van der Waals surface area contributed by atoms with Crippen LogP contribution in [0, 0.1) is 17.0 Å². The molecule has 0 saturated carbocycles. The zero-order valence-electron chi connectivity index (χ0n) is 16.5. The molecular formula is C23H24N2O4. The van der Waals surface area contributed by atoms with Gasteiger partial charge in [-0.15, -0.1) is 0 Å². The Morgan fingerprint density at radius 1 is 1.17 bits per heavy atom. The molecule has 0 bridgehead atoms. The van der Waals surface area contributed by atoms with Crippen molar-refractivity contribution in [3.8, 4) is 5.75 Å². The summed E-state index contributed by atoms with van der Waals surface area (Å²) in [4.78, 5) is 12.7. The van der Waals surface area contributed by atoms with E-state index in [1.807, 2.05) is 6.08 Å². The lowest BCUT2D eigenvalue weighted by molar-refractivity contribution is -0.384. The highest BCUT2D eigenvalue weighted by molar-refractivity contribution is 5.44. The number of rotatable bonds is 4. The molecule has 0 saturated heterocycles. The third-order valence-electron chi connectivity index (χ3n) is 5.64. The molecule has 4 rings (SSSR count). The molecule has 0 fully saturated rings. The van der Waals surface area contributed by atoms with E-state index in [1.54, 1.807) is 6.08 Å². The minimum absolute atomic E-state index is 0.00946.